The standard InChI is InChI=1S/2La.3O.2Y/q2*+3;3*-2;;. The zero-order valence-electron chi connectivity index (χ0n) is 3.53. The Hall–Kier alpha value is 4.48. The van der Waals surface area contributed by atoms with Crippen LogP contribution in [0.2, 0.25) is 0 Å². The van der Waals surface area contributed by atoms with Crippen LogP contribution >= 0.6 is 0 Å². The van der Waals surface area contributed by atoms with Crippen molar-refractivity contribution in [3.8, 4) is 0 Å². The Balaban J connectivity index is 0. The van der Waals surface area contributed by atoms with E-state index in [1.807, 2.05) is 0 Å². The van der Waals surface area contributed by atoms with Gasteiger partial charge < -0.3 is 16.4 Å². The summed E-state index contributed by atoms with van der Waals surface area (Å²) in [7, 11) is 0. The summed E-state index contributed by atoms with van der Waals surface area (Å²) in [5, 5.41) is 0. The maximum absolute atomic E-state index is 0. The van der Waals surface area contributed by atoms with Gasteiger partial charge in [-0.2, -0.15) is 0 Å². The Morgan fingerprint density at radius 2 is 0.429 bits per heavy atom. The molecule has 0 rings (SSSR count). The average molecular weight is 504 g/mol. The largest absolute Gasteiger partial charge is 3.00 e. The van der Waals surface area contributed by atoms with Gasteiger partial charge in [-0.1, -0.05) is 0 Å². The van der Waals surface area contributed by atoms with Crippen LogP contribution in [-0.4, -0.2) is 0 Å². The Morgan fingerprint density at radius 1 is 0.429 bits per heavy atom. The molecule has 2 radical (unpaired) electrons. The maximum atomic E-state index is 0. The van der Waals surface area contributed by atoms with Gasteiger partial charge in [-0.3, -0.25) is 0 Å². The Bertz CT molecular complexity index is 10.9. The molecule has 0 heterocycles. The molecule has 0 aromatic rings. The molecule has 0 aliphatic carbocycles. The van der Waals surface area contributed by atoms with Gasteiger partial charge in [-0.25, -0.2) is 0 Å². The number of hydrogen-bond donors (Lipinski definition) is 0. The Kier molecular flexibility index (Phi) is 421. The van der Waals surface area contributed by atoms with Gasteiger partial charge in [0.15, 0.2) is 0 Å². The van der Waals surface area contributed by atoms with Crippen molar-refractivity contribution >= 4 is 0 Å². The van der Waals surface area contributed by atoms with Crippen molar-refractivity contribution < 1.29 is 153 Å². The third kappa shape index (κ3) is 37.6. The van der Waals surface area contributed by atoms with Crippen LogP contribution in [0, 0.1) is 71.2 Å². The number of rotatable bonds is 0. The van der Waals surface area contributed by atoms with Crippen LogP contribution in [0.1, 0.15) is 0 Å². The molecule has 7 heteroatoms. The van der Waals surface area contributed by atoms with Gasteiger partial charge in [0.2, 0.25) is 0 Å². The van der Waals surface area contributed by atoms with Crippen molar-refractivity contribution in [3.05, 3.63) is 0 Å². The van der Waals surface area contributed by atoms with Crippen LogP contribution in [-0.2, 0) is 81.8 Å². The smallest absolute Gasteiger partial charge is 2.00 e. The van der Waals surface area contributed by atoms with E-state index in [1.165, 1.54) is 0 Å². The molecule has 0 N–H and O–H groups in total. The molecular formula is La2O3Y2. The molecule has 0 bridgehead atoms. The molecule has 0 aromatic heterocycles. The van der Waals surface area contributed by atoms with Gasteiger partial charge in [0.25, 0.3) is 0 Å². The molecule has 0 spiro atoms. The fourth-order valence-corrected chi connectivity index (χ4v) is 0. The first-order chi connectivity index (χ1) is 0. The van der Waals surface area contributed by atoms with E-state index in [0.717, 1.165) is 0 Å². The summed E-state index contributed by atoms with van der Waals surface area (Å²) < 4.78 is 0. The van der Waals surface area contributed by atoms with Gasteiger partial charge in [0, 0.05) is 65.4 Å². The van der Waals surface area contributed by atoms with Crippen LogP contribution in [0.15, 0.2) is 0 Å². The van der Waals surface area contributed by atoms with Crippen molar-refractivity contribution in [2.24, 2.45) is 0 Å². The van der Waals surface area contributed by atoms with Gasteiger partial charge in [-0.05, 0) is 0 Å². The quantitative estimate of drug-likeness (QED) is 0.433. The first-order valence-corrected chi connectivity index (χ1v) is 0. The summed E-state index contributed by atoms with van der Waals surface area (Å²) in [6.45, 7) is 0. The van der Waals surface area contributed by atoms with E-state index in [4.69, 9.17) is 0 Å². The summed E-state index contributed by atoms with van der Waals surface area (Å²) in [5.74, 6) is 0. The van der Waals surface area contributed by atoms with E-state index in [2.05, 4.69) is 0 Å². The molecule has 0 aliphatic rings. The predicted molar refractivity (Wildman–Crippen MR) is 2.06 cm³/mol. The van der Waals surface area contributed by atoms with Gasteiger partial charge in [-0.15, -0.1) is 0 Å². The van der Waals surface area contributed by atoms with Crippen molar-refractivity contribution in [3.63, 3.8) is 0 Å². The summed E-state index contributed by atoms with van der Waals surface area (Å²) in [4.78, 5) is 0. The van der Waals surface area contributed by atoms with Gasteiger partial charge in [0.05, 0.1) is 0 Å². The zero-order chi connectivity index (χ0) is 0. The normalized spacial score (nSPS) is 0. The molecular weight excluding hydrogens is 504 g/mol. The van der Waals surface area contributed by atoms with Crippen molar-refractivity contribution in [2.45, 2.75) is 0 Å². The minimum Gasteiger partial charge on any atom is -2.00 e. The molecule has 3 nitrogen and oxygen atoms in total. The van der Waals surface area contributed by atoms with E-state index in [-0.39, 0.29) is 153 Å². The second kappa shape index (κ2) is 46.9. The van der Waals surface area contributed by atoms with Crippen molar-refractivity contribution in [1.29, 1.82) is 0 Å². The summed E-state index contributed by atoms with van der Waals surface area (Å²) in [5.41, 5.74) is 0. The van der Waals surface area contributed by atoms with Crippen LogP contribution in [0.3, 0.4) is 0 Å². The van der Waals surface area contributed by atoms with Crippen LogP contribution in [0.5, 0.6) is 0 Å². The molecule has 0 amide bonds. The predicted octanol–water partition coefficient (Wildman–Crippen LogP) is -0.361. The SMILES string of the molecule is [La+3].[La+3].[O-2].[O-2].[O-2].[Y].[Y]. The van der Waals surface area contributed by atoms with E-state index < -0.39 is 0 Å². The molecule has 30 valence electrons. The van der Waals surface area contributed by atoms with Gasteiger partial charge in [0.1, 0.15) is 0 Å². The molecule has 0 aliphatic heterocycles. The van der Waals surface area contributed by atoms with Crippen LogP contribution < -0.4 is 0 Å². The summed E-state index contributed by atoms with van der Waals surface area (Å²) >= 11 is 0. The molecule has 0 saturated heterocycles. The Morgan fingerprint density at radius 3 is 0.429 bits per heavy atom. The summed E-state index contributed by atoms with van der Waals surface area (Å²) in [6.07, 6.45) is 0. The Labute approximate surface area is 149 Å². The molecule has 0 unspecified atom stereocenters. The zero-order valence-corrected chi connectivity index (χ0v) is 16.5. The first-order valence-electron chi connectivity index (χ1n) is 0. The van der Waals surface area contributed by atoms with E-state index in [1.54, 1.807) is 0 Å². The fraction of sp³-hybridized carbons (Fsp3) is 0. The first kappa shape index (κ1) is 62.8. The van der Waals surface area contributed by atoms with Gasteiger partial charge >= 0.3 is 71.2 Å². The molecule has 0 aromatic carbocycles. The third-order valence-electron chi connectivity index (χ3n) is 0. The van der Waals surface area contributed by atoms with Crippen LogP contribution in [0.25, 0.3) is 0 Å². The minimum absolute atomic E-state index is 0. The average Bonchev–Trinajstić information content (AvgIpc) is 0. The molecule has 7 heavy (non-hydrogen) atoms. The molecule has 0 saturated carbocycles. The minimum atomic E-state index is 0. The second-order valence-corrected chi connectivity index (χ2v) is 0. The van der Waals surface area contributed by atoms with Crippen LogP contribution in [0.4, 0.5) is 0 Å². The molecule has 0 fully saturated rings. The third-order valence-corrected chi connectivity index (χ3v) is 0. The molecule has 0 atom stereocenters. The van der Waals surface area contributed by atoms with Crippen molar-refractivity contribution in [2.75, 3.05) is 0 Å². The fourth-order valence-electron chi connectivity index (χ4n) is 0. The van der Waals surface area contributed by atoms with E-state index >= 15 is 0 Å². The van der Waals surface area contributed by atoms with E-state index in [9.17, 15) is 0 Å². The number of hydrogen-bond acceptors (Lipinski definition) is 0. The van der Waals surface area contributed by atoms with Crippen molar-refractivity contribution in [1.82, 2.24) is 0 Å². The maximum Gasteiger partial charge on any atom is 3.00 e. The monoisotopic (exact) mass is 504 g/mol. The summed E-state index contributed by atoms with van der Waals surface area (Å²) in [6, 6.07) is 0. The topological polar surface area (TPSA) is 85.5 Å². The second-order valence-electron chi connectivity index (χ2n) is 0. The van der Waals surface area contributed by atoms with E-state index in [0.29, 0.717) is 0 Å².